The van der Waals surface area contributed by atoms with Gasteiger partial charge in [0.05, 0.1) is 11.3 Å². The zero-order valence-electron chi connectivity index (χ0n) is 14.4. The summed E-state index contributed by atoms with van der Waals surface area (Å²) in [6.45, 7) is 1.80. The quantitative estimate of drug-likeness (QED) is 0.849. The van der Waals surface area contributed by atoms with Crippen LogP contribution in [0.25, 0.3) is 0 Å². The van der Waals surface area contributed by atoms with Crippen molar-refractivity contribution in [1.29, 1.82) is 5.26 Å². The lowest BCUT2D eigenvalue weighted by Crippen LogP contribution is -2.42. The molecule has 25 heavy (non-hydrogen) atoms. The molecule has 0 radical (unpaired) electrons. The van der Waals surface area contributed by atoms with E-state index in [1.807, 2.05) is 43.3 Å². The minimum atomic E-state index is 0.286. The van der Waals surface area contributed by atoms with Gasteiger partial charge in [-0.15, -0.1) is 0 Å². The summed E-state index contributed by atoms with van der Waals surface area (Å²) in [6.07, 6.45) is 3.92. The highest BCUT2D eigenvalue weighted by Crippen LogP contribution is 2.27. The molecule has 1 aromatic heterocycles. The lowest BCUT2D eigenvalue weighted by atomic mass is 10.0. The summed E-state index contributed by atoms with van der Waals surface area (Å²) in [5.41, 5.74) is 1.70. The van der Waals surface area contributed by atoms with Gasteiger partial charge in [0.2, 0.25) is 5.95 Å². The van der Waals surface area contributed by atoms with Crippen molar-refractivity contribution in [2.24, 2.45) is 0 Å². The van der Waals surface area contributed by atoms with E-state index < -0.39 is 0 Å². The molecule has 1 unspecified atom stereocenters. The number of nitriles is 1. The van der Waals surface area contributed by atoms with Crippen molar-refractivity contribution in [3.8, 4) is 6.07 Å². The van der Waals surface area contributed by atoms with Crippen molar-refractivity contribution >= 4 is 33.4 Å². The van der Waals surface area contributed by atoms with Crippen LogP contribution < -0.4 is 15.1 Å². The summed E-state index contributed by atoms with van der Waals surface area (Å²) in [6, 6.07) is 10.4. The van der Waals surface area contributed by atoms with Gasteiger partial charge in [-0.3, -0.25) is 0 Å². The van der Waals surface area contributed by atoms with Crippen molar-refractivity contribution in [1.82, 2.24) is 9.97 Å². The predicted octanol–water partition coefficient (Wildman–Crippen LogP) is 3.26. The molecule has 6 nitrogen and oxygen atoms in total. The molecular formula is C18H21BrN6. The molecule has 2 aromatic rings. The first-order chi connectivity index (χ1) is 12.1. The van der Waals surface area contributed by atoms with Crippen LogP contribution in [-0.2, 0) is 0 Å². The third-order valence-corrected chi connectivity index (χ3v) is 4.73. The van der Waals surface area contributed by atoms with Gasteiger partial charge < -0.3 is 15.1 Å². The minimum absolute atomic E-state index is 0.286. The number of hydrogen-bond acceptors (Lipinski definition) is 6. The summed E-state index contributed by atoms with van der Waals surface area (Å²) >= 11 is 3.44. The van der Waals surface area contributed by atoms with Crippen LogP contribution in [0.1, 0.15) is 18.4 Å². The molecule has 130 valence electrons. The molecule has 7 heteroatoms. The van der Waals surface area contributed by atoms with Crippen LogP contribution in [0.3, 0.4) is 0 Å². The van der Waals surface area contributed by atoms with E-state index in [1.54, 1.807) is 6.20 Å². The fraction of sp³-hybridized carbons (Fsp3) is 0.389. The lowest BCUT2D eigenvalue weighted by molar-refractivity contribution is 0.528. The van der Waals surface area contributed by atoms with Gasteiger partial charge in [-0.05, 0) is 37.1 Å². The molecule has 0 bridgehead atoms. The summed E-state index contributed by atoms with van der Waals surface area (Å²) in [4.78, 5) is 13.0. The van der Waals surface area contributed by atoms with Crippen molar-refractivity contribution in [3.05, 3.63) is 40.5 Å². The number of nitrogens with zero attached hydrogens (tertiary/aromatic N) is 5. The molecule has 0 amide bonds. The number of benzene rings is 1. The number of aromatic nitrogens is 2. The molecule has 1 aliphatic heterocycles. The molecule has 0 aliphatic carbocycles. The van der Waals surface area contributed by atoms with E-state index in [9.17, 15) is 5.26 Å². The third-order valence-electron chi connectivity index (χ3n) is 4.24. The Morgan fingerprint density at radius 3 is 2.96 bits per heavy atom. The summed E-state index contributed by atoms with van der Waals surface area (Å²) < 4.78 is 0.927. The first-order valence-corrected chi connectivity index (χ1v) is 9.07. The molecule has 2 heterocycles. The Kier molecular flexibility index (Phi) is 5.39. The van der Waals surface area contributed by atoms with Crippen LogP contribution in [-0.4, -0.2) is 43.2 Å². The smallest absolute Gasteiger partial charge is 0.226 e. The Bertz CT molecular complexity index is 785. The van der Waals surface area contributed by atoms with Crippen molar-refractivity contribution in [2.75, 3.05) is 42.3 Å². The first kappa shape index (κ1) is 17.5. The van der Waals surface area contributed by atoms with Crippen LogP contribution in [0.5, 0.6) is 0 Å². The second kappa shape index (κ2) is 7.70. The Hall–Kier alpha value is -2.33. The van der Waals surface area contributed by atoms with E-state index in [0.29, 0.717) is 11.5 Å². The van der Waals surface area contributed by atoms with Gasteiger partial charge >= 0.3 is 0 Å². The van der Waals surface area contributed by atoms with E-state index in [1.165, 1.54) is 0 Å². The second-order valence-electron chi connectivity index (χ2n) is 6.34. The molecule has 1 saturated heterocycles. The minimum Gasteiger partial charge on any atom is -0.368 e. The van der Waals surface area contributed by atoms with Gasteiger partial charge in [0.1, 0.15) is 11.9 Å². The van der Waals surface area contributed by atoms with E-state index in [4.69, 9.17) is 0 Å². The number of rotatable bonds is 4. The van der Waals surface area contributed by atoms with Gasteiger partial charge in [-0.2, -0.15) is 10.2 Å². The van der Waals surface area contributed by atoms with E-state index in [2.05, 4.69) is 42.2 Å². The summed E-state index contributed by atoms with van der Waals surface area (Å²) in [7, 11) is 3.86. The fourth-order valence-corrected chi connectivity index (χ4v) is 3.40. The molecule has 1 atom stereocenters. The molecule has 3 rings (SSSR count). The van der Waals surface area contributed by atoms with E-state index in [0.717, 1.165) is 41.9 Å². The van der Waals surface area contributed by atoms with Crippen LogP contribution in [0.15, 0.2) is 34.9 Å². The van der Waals surface area contributed by atoms with E-state index >= 15 is 0 Å². The number of nitrogens with one attached hydrogen (secondary N) is 1. The van der Waals surface area contributed by atoms with E-state index in [-0.39, 0.29) is 6.04 Å². The zero-order valence-corrected chi connectivity index (χ0v) is 16.0. The Labute approximate surface area is 156 Å². The molecule has 1 N–H and O–H groups in total. The van der Waals surface area contributed by atoms with Crippen LogP contribution >= 0.6 is 15.9 Å². The first-order valence-electron chi connectivity index (χ1n) is 8.28. The monoisotopic (exact) mass is 400 g/mol. The fourth-order valence-electron chi connectivity index (χ4n) is 3.04. The Balaban J connectivity index is 1.74. The van der Waals surface area contributed by atoms with Crippen molar-refractivity contribution in [3.63, 3.8) is 0 Å². The normalized spacial score (nSPS) is 17.0. The third kappa shape index (κ3) is 4.20. The highest BCUT2D eigenvalue weighted by Gasteiger charge is 2.22. The average molecular weight is 401 g/mol. The predicted molar refractivity (Wildman–Crippen MR) is 104 cm³/mol. The SMILES string of the molecule is CN(C)c1nccc(NC2CCCN(c3ccc(Br)cc3C#N)C2)n1. The zero-order chi connectivity index (χ0) is 17.8. The standard InChI is InChI=1S/C18H21BrN6/c1-24(2)18-21-8-7-17(23-18)22-15-4-3-9-25(12-15)16-6-5-14(19)10-13(16)11-20/h5-8,10,15H,3-4,9,12H2,1-2H3,(H,21,22,23). The van der Waals surface area contributed by atoms with Crippen LogP contribution in [0, 0.1) is 11.3 Å². The Morgan fingerprint density at radius 1 is 1.36 bits per heavy atom. The van der Waals surface area contributed by atoms with Gasteiger partial charge in [-0.25, -0.2) is 4.98 Å². The highest BCUT2D eigenvalue weighted by molar-refractivity contribution is 9.10. The number of anilines is 3. The maximum atomic E-state index is 9.42. The van der Waals surface area contributed by atoms with Gasteiger partial charge in [0.25, 0.3) is 0 Å². The van der Waals surface area contributed by atoms with Crippen LogP contribution in [0.2, 0.25) is 0 Å². The summed E-state index contributed by atoms with van der Waals surface area (Å²) in [5, 5.41) is 12.9. The molecule has 1 aliphatic rings. The van der Waals surface area contributed by atoms with Gasteiger partial charge in [0, 0.05) is 43.9 Å². The molecule has 1 fully saturated rings. The Morgan fingerprint density at radius 2 is 2.20 bits per heavy atom. The molecule has 0 spiro atoms. The average Bonchev–Trinajstić information content (AvgIpc) is 2.62. The van der Waals surface area contributed by atoms with Gasteiger partial charge in [0.15, 0.2) is 0 Å². The van der Waals surface area contributed by atoms with Crippen molar-refractivity contribution in [2.45, 2.75) is 18.9 Å². The largest absolute Gasteiger partial charge is 0.368 e. The van der Waals surface area contributed by atoms with Gasteiger partial charge in [-0.1, -0.05) is 15.9 Å². The lowest BCUT2D eigenvalue weighted by Gasteiger charge is -2.35. The maximum Gasteiger partial charge on any atom is 0.226 e. The topological polar surface area (TPSA) is 68.1 Å². The highest BCUT2D eigenvalue weighted by atomic mass is 79.9. The maximum absolute atomic E-state index is 9.42. The van der Waals surface area contributed by atoms with Crippen LogP contribution in [0.4, 0.5) is 17.5 Å². The molecule has 1 aromatic carbocycles. The molecule has 0 saturated carbocycles. The number of piperidine rings is 1. The summed E-state index contributed by atoms with van der Waals surface area (Å²) in [5.74, 6) is 1.53. The number of halogens is 1. The molecular weight excluding hydrogens is 380 g/mol. The second-order valence-corrected chi connectivity index (χ2v) is 7.25. The van der Waals surface area contributed by atoms with Crippen molar-refractivity contribution < 1.29 is 0 Å². The number of hydrogen-bond donors (Lipinski definition) is 1.